The number of fused-ring (bicyclic) bond motifs is 1. The van der Waals surface area contributed by atoms with Crippen molar-refractivity contribution < 1.29 is 14.2 Å². The average molecular weight is 344 g/mol. The second-order valence-electron chi connectivity index (χ2n) is 5.15. The van der Waals surface area contributed by atoms with Crippen LogP contribution in [-0.4, -0.2) is 33.5 Å². The lowest BCUT2D eigenvalue weighted by atomic mass is 10.1. The Balaban J connectivity index is 1.95. The zero-order valence-electron chi connectivity index (χ0n) is 12.1. The van der Waals surface area contributed by atoms with Crippen LogP contribution in [0.3, 0.4) is 0 Å². The van der Waals surface area contributed by atoms with Crippen LogP contribution in [0, 0.1) is 5.92 Å². The van der Waals surface area contributed by atoms with Crippen molar-refractivity contribution in [1.82, 2.24) is 5.32 Å². The van der Waals surface area contributed by atoms with Gasteiger partial charge in [-0.15, -0.1) is 0 Å². The van der Waals surface area contributed by atoms with E-state index in [0.717, 1.165) is 42.1 Å². The molecule has 5 heteroatoms. The third-order valence-electron chi connectivity index (χ3n) is 3.14. The van der Waals surface area contributed by atoms with Crippen molar-refractivity contribution in [3.05, 3.63) is 22.2 Å². The maximum atomic E-state index is 5.73. The Hall–Kier alpha value is -0.780. The molecular weight excluding hydrogens is 322 g/mol. The highest BCUT2D eigenvalue weighted by Gasteiger charge is 2.15. The second-order valence-corrected chi connectivity index (χ2v) is 6.00. The summed E-state index contributed by atoms with van der Waals surface area (Å²) >= 11 is 3.56. The highest BCUT2D eigenvalue weighted by atomic mass is 79.9. The molecule has 0 bridgehead atoms. The summed E-state index contributed by atoms with van der Waals surface area (Å²) in [6.07, 6.45) is 0.920. The second kappa shape index (κ2) is 7.86. The average Bonchev–Trinajstić information content (AvgIpc) is 2.64. The quantitative estimate of drug-likeness (QED) is 0.861. The van der Waals surface area contributed by atoms with Gasteiger partial charge in [-0.1, -0.05) is 6.92 Å². The van der Waals surface area contributed by atoms with Gasteiger partial charge in [-0.3, -0.25) is 0 Å². The summed E-state index contributed by atoms with van der Waals surface area (Å²) in [6.45, 7) is 6.10. The summed E-state index contributed by atoms with van der Waals surface area (Å²) in [5.41, 5.74) is 1.19. The van der Waals surface area contributed by atoms with E-state index in [0.29, 0.717) is 19.1 Å². The van der Waals surface area contributed by atoms with Crippen LogP contribution in [0.25, 0.3) is 0 Å². The van der Waals surface area contributed by atoms with Gasteiger partial charge in [-0.05, 0) is 39.5 Å². The van der Waals surface area contributed by atoms with Gasteiger partial charge in [0, 0.05) is 33.2 Å². The zero-order valence-corrected chi connectivity index (χ0v) is 13.7. The summed E-state index contributed by atoms with van der Waals surface area (Å²) in [7, 11) is 1.73. The third-order valence-corrected chi connectivity index (χ3v) is 3.72. The van der Waals surface area contributed by atoms with Crippen molar-refractivity contribution >= 4 is 15.9 Å². The van der Waals surface area contributed by atoms with Crippen LogP contribution >= 0.6 is 15.9 Å². The Morgan fingerprint density at radius 1 is 1.35 bits per heavy atom. The van der Waals surface area contributed by atoms with E-state index < -0.39 is 0 Å². The number of halogens is 1. The molecule has 0 aromatic heterocycles. The Morgan fingerprint density at radius 2 is 2.15 bits per heavy atom. The smallest absolute Gasteiger partial charge is 0.175 e. The normalized spacial score (nSPS) is 15.8. The first kappa shape index (κ1) is 15.6. The number of rotatable bonds is 6. The summed E-state index contributed by atoms with van der Waals surface area (Å²) in [5, 5.41) is 3.44. The van der Waals surface area contributed by atoms with Gasteiger partial charge < -0.3 is 19.5 Å². The fourth-order valence-electron chi connectivity index (χ4n) is 2.19. The van der Waals surface area contributed by atoms with Crippen LogP contribution in [0.1, 0.15) is 18.9 Å². The molecule has 0 amide bonds. The summed E-state index contributed by atoms with van der Waals surface area (Å²) in [4.78, 5) is 0. The molecular formula is C15H22BrNO3. The predicted molar refractivity (Wildman–Crippen MR) is 82.5 cm³/mol. The number of hydrogen-bond donors (Lipinski definition) is 1. The minimum absolute atomic E-state index is 0.504. The van der Waals surface area contributed by atoms with Crippen molar-refractivity contribution in [2.45, 2.75) is 19.9 Å². The summed E-state index contributed by atoms with van der Waals surface area (Å²) in [6, 6.07) is 4.14. The van der Waals surface area contributed by atoms with Crippen LogP contribution in [0.15, 0.2) is 16.6 Å². The SMILES string of the molecule is COCC(C)CNCc1cc(Br)c2c(c1)OCCCO2. The highest BCUT2D eigenvalue weighted by molar-refractivity contribution is 9.10. The maximum absolute atomic E-state index is 5.73. The van der Waals surface area contributed by atoms with Gasteiger partial charge in [0.05, 0.1) is 17.7 Å². The molecule has 0 saturated heterocycles. The van der Waals surface area contributed by atoms with Gasteiger partial charge in [-0.25, -0.2) is 0 Å². The highest BCUT2D eigenvalue weighted by Crippen LogP contribution is 2.38. The first-order chi connectivity index (χ1) is 9.70. The molecule has 1 aliphatic rings. The van der Waals surface area contributed by atoms with Crippen LogP contribution in [0.5, 0.6) is 11.5 Å². The van der Waals surface area contributed by atoms with Crippen LogP contribution in [0.4, 0.5) is 0 Å². The molecule has 4 nitrogen and oxygen atoms in total. The van der Waals surface area contributed by atoms with E-state index in [1.165, 1.54) is 5.56 Å². The van der Waals surface area contributed by atoms with Crippen molar-refractivity contribution in [1.29, 1.82) is 0 Å². The van der Waals surface area contributed by atoms with Crippen molar-refractivity contribution in [2.24, 2.45) is 5.92 Å². The molecule has 0 radical (unpaired) electrons. The fourth-order valence-corrected chi connectivity index (χ4v) is 2.80. The van der Waals surface area contributed by atoms with Crippen molar-refractivity contribution in [2.75, 3.05) is 33.5 Å². The van der Waals surface area contributed by atoms with Gasteiger partial charge >= 0.3 is 0 Å². The molecule has 2 rings (SSSR count). The van der Waals surface area contributed by atoms with Gasteiger partial charge in [0.15, 0.2) is 11.5 Å². The Bertz CT molecular complexity index is 439. The lowest BCUT2D eigenvalue weighted by Crippen LogP contribution is -2.23. The molecule has 20 heavy (non-hydrogen) atoms. The number of methoxy groups -OCH3 is 1. The minimum atomic E-state index is 0.504. The third kappa shape index (κ3) is 4.36. The van der Waals surface area contributed by atoms with E-state index in [4.69, 9.17) is 14.2 Å². The molecule has 1 aromatic rings. The molecule has 1 unspecified atom stereocenters. The van der Waals surface area contributed by atoms with E-state index >= 15 is 0 Å². The molecule has 1 N–H and O–H groups in total. The van der Waals surface area contributed by atoms with E-state index in [9.17, 15) is 0 Å². The molecule has 0 spiro atoms. The molecule has 0 saturated carbocycles. The summed E-state index contributed by atoms with van der Waals surface area (Å²) < 4.78 is 17.5. The Morgan fingerprint density at radius 3 is 2.95 bits per heavy atom. The van der Waals surface area contributed by atoms with Crippen molar-refractivity contribution in [3.8, 4) is 11.5 Å². The van der Waals surface area contributed by atoms with Gasteiger partial charge in [0.2, 0.25) is 0 Å². The topological polar surface area (TPSA) is 39.7 Å². The van der Waals surface area contributed by atoms with Gasteiger partial charge in [-0.2, -0.15) is 0 Å². The molecule has 1 aliphatic heterocycles. The lowest BCUT2D eigenvalue weighted by Gasteiger charge is -2.14. The van der Waals surface area contributed by atoms with Crippen LogP contribution in [0.2, 0.25) is 0 Å². The molecule has 1 aromatic carbocycles. The largest absolute Gasteiger partial charge is 0.490 e. The zero-order chi connectivity index (χ0) is 14.4. The Kier molecular flexibility index (Phi) is 6.13. The molecule has 1 atom stereocenters. The van der Waals surface area contributed by atoms with Gasteiger partial charge in [0.1, 0.15) is 0 Å². The van der Waals surface area contributed by atoms with Crippen LogP contribution in [-0.2, 0) is 11.3 Å². The number of nitrogens with one attached hydrogen (secondary N) is 1. The fraction of sp³-hybridized carbons (Fsp3) is 0.600. The first-order valence-electron chi connectivity index (χ1n) is 6.98. The van der Waals surface area contributed by atoms with E-state index in [-0.39, 0.29) is 0 Å². The van der Waals surface area contributed by atoms with E-state index in [2.05, 4.69) is 40.3 Å². The molecule has 112 valence electrons. The first-order valence-corrected chi connectivity index (χ1v) is 7.77. The van der Waals surface area contributed by atoms with Crippen LogP contribution < -0.4 is 14.8 Å². The standard InChI is InChI=1S/C15H22BrNO3/c1-11(10-18-2)8-17-9-12-6-13(16)15-14(7-12)19-4-3-5-20-15/h6-7,11,17H,3-5,8-10H2,1-2H3. The molecule has 0 fully saturated rings. The minimum Gasteiger partial charge on any atom is -0.490 e. The lowest BCUT2D eigenvalue weighted by molar-refractivity contribution is 0.158. The van der Waals surface area contributed by atoms with Crippen molar-refractivity contribution in [3.63, 3.8) is 0 Å². The number of hydrogen-bond acceptors (Lipinski definition) is 4. The maximum Gasteiger partial charge on any atom is 0.175 e. The number of benzene rings is 1. The number of ether oxygens (including phenoxy) is 3. The van der Waals surface area contributed by atoms with Gasteiger partial charge in [0.25, 0.3) is 0 Å². The van der Waals surface area contributed by atoms with E-state index in [1.807, 2.05) is 0 Å². The molecule has 0 aliphatic carbocycles. The molecule has 1 heterocycles. The van der Waals surface area contributed by atoms with E-state index in [1.54, 1.807) is 7.11 Å². The summed E-state index contributed by atoms with van der Waals surface area (Å²) in [5.74, 6) is 2.15. The predicted octanol–water partition coefficient (Wildman–Crippen LogP) is 2.98. The monoisotopic (exact) mass is 343 g/mol. The Labute approximate surface area is 128 Å².